The number of benzene rings is 2. The van der Waals surface area contributed by atoms with E-state index in [1.165, 1.54) is 12.1 Å². The van der Waals surface area contributed by atoms with E-state index in [1.54, 1.807) is 18.2 Å². The Hall–Kier alpha value is -2.62. The van der Waals surface area contributed by atoms with Gasteiger partial charge < -0.3 is 10.4 Å². The highest BCUT2D eigenvalue weighted by Crippen LogP contribution is 2.06. The van der Waals surface area contributed by atoms with Crippen LogP contribution < -0.4 is 5.32 Å². The minimum Gasteiger partial charge on any atom is -0.478 e. The van der Waals surface area contributed by atoms with E-state index in [-0.39, 0.29) is 11.5 Å². The van der Waals surface area contributed by atoms with E-state index in [1.807, 2.05) is 25.1 Å². The molecule has 0 aliphatic carbocycles. The number of hydrogen-bond acceptors (Lipinski definition) is 2. The highest BCUT2D eigenvalue weighted by atomic mass is 16.4. The van der Waals surface area contributed by atoms with E-state index in [4.69, 9.17) is 5.11 Å². The van der Waals surface area contributed by atoms with Crippen LogP contribution in [0.2, 0.25) is 0 Å². The SMILES string of the molecule is Cc1cccc(C(=O)NCc2ccc(C(=O)O)cc2)c1. The van der Waals surface area contributed by atoms with E-state index in [0.717, 1.165) is 11.1 Å². The maximum atomic E-state index is 11.9. The van der Waals surface area contributed by atoms with Crippen molar-refractivity contribution < 1.29 is 14.7 Å². The number of carbonyl (C=O) groups is 2. The third-order valence-corrected chi connectivity index (χ3v) is 2.93. The number of carboxylic acid groups (broad SMARTS) is 1. The summed E-state index contributed by atoms with van der Waals surface area (Å²) < 4.78 is 0. The standard InChI is InChI=1S/C16H15NO3/c1-11-3-2-4-14(9-11)15(18)17-10-12-5-7-13(8-6-12)16(19)20/h2-9H,10H2,1H3,(H,17,18)(H,19,20). The van der Waals surface area contributed by atoms with Gasteiger partial charge in [-0.15, -0.1) is 0 Å². The molecule has 0 saturated heterocycles. The van der Waals surface area contributed by atoms with E-state index < -0.39 is 5.97 Å². The third-order valence-electron chi connectivity index (χ3n) is 2.93. The molecule has 0 radical (unpaired) electrons. The maximum absolute atomic E-state index is 11.9. The quantitative estimate of drug-likeness (QED) is 0.896. The molecule has 0 saturated carbocycles. The zero-order valence-corrected chi connectivity index (χ0v) is 11.1. The summed E-state index contributed by atoms with van der Waals surface area (Å²) in [5.41, 5.74) is 2.74. The van der Waals surface area contributed by atoms with Crippen molar-refractivity contribution in [2.45, 2.75) is 13.5 Å². The molecule has 1 amide bonds. The molecule has 0 heterocycles. The Labute approximate surface area is 117 Å². The lowest BCUT2D eigenvalue weighted by Gasteiger charge is -2.06. The lowest BCUT2D eigenvalue weighted by molar-refractivity contribution is 0.0696. The number of carboxylic acids is 1. The second-order valence-corrected chi connectivity index (χ2v) is 4.55. The van der Waals surface area contributed by atoms with Crippen LogP contribution in [0.25, 0.3) is 0 Å². The molecule has 0 aliphatic rings. The van der Waals surface area contributed by atoms with Crippen LogP contribution in [0, 0.1) is 6.92 Å². The van der Waals surface area contributed by atoms with Crippen LogP contribution >= 0.6 is 0 Å². The summed E-state index contributed by atoms with van der Waals surface area (Å²) in [6, 6.07) is 13.8. The summed E-state index contributed by atoms with van der Waals surface area (Å²) in [5, 5.41) is 11.6. The summed E-state index contributed by atoms with van der Waals surface area (Å²) in [6.45, 7) is 2.30. The second-order valence-electron chi connectivity index (χ2n) is 4.55. The van der Waals surface area contributed by atoms with Crippen molar-refractivity contribution in [3.63, 3.8) is 0 Å². The van der Waals surface area contributed by atoms with Gasteiger partial charge in [0.2, 0.25) is 0 Å². The lowest BCUT2D eigenvalue weighted by atomic mass is 10.1. The zero-order valence-electron chi connectivity index (χ0n) is 11.1. The van der Waals surface area contributed by atoms with Gasteiger partial charge in [0, 0.05) is 12.1 Å². The molecule has 2 aromatic carbocycles. The number of amides is 1. The minimum absolute atomic E-state index is 0.143. The first-order valence-electron chi connectivity index (χ1n) is 6.23. The summed E-state index contributed by atoms with van der Waals surface area (Å²) in [4.78, 5) is 22.7. The van der Waals surface area contributed by atoms with Crippen molar-refractivity contribution in [3.8, 4) is 0 Å². The molecule has 0 atom stereocenters. The van der Waals surface area contributed by atoms with Gasteiger partial charge in [0.1, 0.15) is 0 Å². The van der Waals surface area contributed by atoms with E-state index in [9.17, 15) is 9.59 Å². The molecule has 0 aromatic heterocycles. The van der Waals surface area contributed by atoms with Crippen molar-refractivity contribution in [2.24, 2.45) is 0 Å². The Morgan fingerprint density at radius 1 is 1.05 bits per heavy atom. The molecule has 0 bridgehead atoms. The summed E-state index contributed by atoms with van der Waals surface area (Å²) in [7, 11) is 0. The predicted molar refractivity (Wildman–Crippen MR) is 75.8 cm³/mol. The topological polar surface area (TPSA) is 66.4 Å². The third kappa shape index (κ3) is 3.45. The molecule has 102 valence electrons. The normalized spacial score (nSPS) is 10.1. The first-order valence-corrected chi connectivity index (χ1v) is 6.23. The molecule has 2 N–H and O–H groups in total. The second kappa shape index (κ2) is 6.02. The molecule has 2 aromatic rings. The molecule has 2 rings (SSSR count). The average Bonchev–Trinajstić information content (AvgIpc) is 2.45. The summed E-state index contributed by atoms with van der Waals surface area (Å²) in [6.07, 6.45) is 0. The van der Waals surface area contributed by atoms with Gasteiger partial charge in [-0.3, -0.25) is 4.79 Å². The highest BCUT2D eigenvalue weighted by Gasteiger charge is 2.06. The number of nitrogens with one attached hydrogen (secondary N) is 1. The number of carbonyl (C=O) groups excluding carboxylic acids is 1. The van der Waals surface area contributed by atoms with Crippen molar-refractivity contribution in [1.82, 2.24) is 5.32 Å². The van der Waals surface area contributed by atoms with Gasteiger partial charge in [-0.05, 0) is 36.8 Å². The van der Waals surface area contributed by atoms with Gasteiger partial charge in [0.25, 0.3) is 5.91 Å². The van der Waals surface area contributed by atoms with Crippen LogP contribution in [0.1, 0.15) is 31.8 Å². The molecule has 0 unspecified atom stereocenters. The fraction of sp³-hybridized carbons (Fsp3) is 0.125. The predicted octanol–water partition coefficient (Wildman–Crippen LogP) is 2.62. The minimum atomic E-state index is -0.958. The van der Waals surface area contributed by atoms with E-state index in [0.29, 0.717) is 12.1 Å². The first-order chi connectivity index (χ1) is 9.56. The van der Waals surface area contributed by atoms with Gasteiger partial charge in [0.05, 0.1) is 5.56 Å². The highest BCUT2D eigenvalue weighted by molar-refractivity contribution is 5.94. The molecule has 20 heavy (non-hydrogen) atoms. The van der Waals surface area contributed by atoms with Crippen molar-refractivity contribution in [1.29, 1.82) is 0 Å². The maximum Gasteiger partial charge on any atom is 0.335 e. The van der Waals surface area contributed by atoms with Crippen LogP contribution in [0.4, 0.5) is 0 Å². The first kappa shape index (κ1) is 13.8. The van der Waals surface area contributed by atoms with Crippen LogP contribution in [-0.4, -0.2) is 17.0 Å². The Morgan fingerprint density at radius 2 is 1.75 bits per heavy atom. The van der Waals surface area contributed by atoms with Crippen molar-refractivity contribution >= 4 is 11.9 Å². The largest absolute Gasteiger partial charge is 0.478 e. The summed E-state index contributed by atoms with van der Waals surface area (Å²) >= 11 is 0. The number of aryl methyl sites for hydroxylation is 1. The number of aromatic carboxylic acids is 1. The molecule has 0 fully saturated rings. The summed E-state index contributed by atoms with van der Waals surface area (Å²) in [5.74, 6) is -1.10. The van der Waals surface area contributed by atoms with Crippen molar-refractivity contribution in [3.05, 3.63) is 70.8 Å². The van der Waals surface area contributed by atoms with Gasteiger partial charge in [-0.1, -0.05) is 29.8 Å². The molecule has 4 heteroatoms. The Balaban J connectivity index is 1.98. The molecule has 4 nitrogen and oxygen atoms in total. The van der Waals surface area contributed by atoms with Crippen molar-refractivity contribution in [2.75, 3.05) is 0 Å². The monoisotopic (exact) mass is 269 g/mol. The lowest BCUT2D eigenvalue weighted by Crippen LogP contribution is -2.22. The van der Waals surface area contributed by atoms with Crippen LogP contribution in [0.3, 0.4) is 0 Å². The van der Waals surface area contributed by atoms with Crippen LogP contribution in [0.15, 0.2) is 48.5 Å². The Kier molecular flexibility index (Phi) is 4.15. The van der Waals surface area contributed by atoms with Crippen LogP contribution in [-0.2, 0) is 6.54 Å². The average molecular weight is 269 g/mol. The van der Waals surface area contributed by atoms with Gasteiger partial charge >= 0.3 is 5.97 Å². The smallest absolute Gasteiger partial charge is 0.335 e. The molecule has 0 spiro atoms. The number of rotatable bonds is 4. The number of hydrogen-bond donors (Lipinski definition) is 2. The van der Waals surface area contributed by atoms with Gasteiger partial charge in [0.15, 0.2) is 0 Å². The van der Waals surface area contributed by atoms with Gasteiger partial charge in [-0.25, -0.2) is 4.79 Å². The van der Waals surface area contributed by atoms with Gasteiger partial charge in [-0.2, -0.15) is 0 Å². The Bertz CT molecular complexity index is 632. The zero-order chi connectivity index (χ0) is 14.5. The van der Waals surface area contributed by atoms with E-state index in [2.05, 4.69) is 5.32 Å². The van der Waals surface area contributed by atoms with E-state index >= 15 is 0 Å². The fourth-order valence-electron chi connectivity index (χ4n) is 1.84. The molecular weight excluding hydrogens is 254 g/mol. The molecule has 0 aliphatic heterocycles. The van der Waals surface area contributed by atoms with Crippen LogP contribution in [0.5, 0.6) is 0 Å². The Morgan fingerprint density at radius 3 is 2.35 bits per heavy atom. The molecular formula is C16H15NO3. The fourth-order valence-corrected chi connectivity index (χ4v) is 1.84.